The molecule has 1 atom stereocenters. The monoisotopic (exact) mass is 484 g/mol. The van der Waals surface area contributed by atoms with Gasteiger partial charge < -0.3 is 23.5 Å². The molecular formula is C25H36N6O4. The summed E-state index contributed by atoms with van der Waals surface area (Å²) in [4.78, 5) is 32.2. The molecule has 0 saturated carbocycles. The normalized spacial score (nSPS) is 22.9. The topological polar surface area (TPSA) is 96.9 Å². The lowest BCUT2D eigenvalue weighted by Gasteiger charge is -2.39. The van der Waals surface area contributed by atoms with Gasteiger partial charge >= 0.3 is 0 Å². The first-order chi connectivity index (χ1) is 16.8. The largest absolute Gasteiger partial charge is 0.423 e. The maximum atomic E-state index is 13.1. The number of piperidine rings is 1. The number of likely N-dealkylation sites (tertiary alicyclic amines) is 2. The molecule has 5 heterocycles. The van der Waals surface area contributed by atoms with Crippen LogP contribution in [0.5, 0.6) is 0 Å². The highest BCUT2D eigenvalue weighted by Gasteiger charge is 2.49. The first-order valence-corrected chi connectivity index (χ1v) is 12.7. The zero-order valence-corrected chi connectivity index (χ0v) is 21.0. The van der Waals surface area contributed by atoms with Gasteiger partial charge in [0.1, 0.15) is 5.69 Å². The second kappa shape index (κ2) is 9.73. The summed E-state index contributed by atoms with van der Waals surface area (Å²) in [5.74, 6) is 1.59. The quantitative estimate of drug-likeness (QED) is 0.641. The van der Waals surface area contributed by atoms with Crippen molar-refractivity contribution in [3.63, 3.8) is 0 Å². The van der Waals surface area contributed by atoms with Crippen LogP contribution in [0.25, 0.3) is 0 Å². The molecule has 10 heteroatoms. The average Bonchev–Trinajstić information content (AvgIpc) is 3.59. The Morgan fingerprint density at radius 3 is 2.49 bits per heavy atom. The highest BCUT2D eigenvalue weighted by molar-refractivity contribution is 5.92. The van der Waals surface area contributed by atoms with E-state index >= 15 is 0 Å². The van der Waals surface area contributed by atoms with Crippen LogP contribution in [0.4, 0.5) is 0 Å². The van der Waals surface area contributed by atoms with Crippen LogP contribution in [0, 0.1) is 5.41 Å². The summed E-state index contributed by atoms with van der Waals surface area (Å²) in [5.41, 5.74) is 0.739. The Balaban J connectivity index is 1.31. The number of morpholine rings is 1. The van der Waals surface area contributed by atoms with Crippen LogP contribution in [-0.4, -0.2) is 93.8 Å². The molecule has 3 aliphatic heterocycles. The smallest absolute Gasteiger partial charge is 0.270 e. The number of aryl methyl sites for hydroxylation is 1. The minimum Gasteiger partial charge on any atom is -0.423 e. The van der Waals surface area contributed by atoms with Gasteiger partial charge in [-0.05, 0) is 36.8 Å². The molecule has 0 bridgehead atoms. The number of hydrogen-bond donors (Lipinski definition) is 0. The van der Waals surface area contributed by atoms with Gasteiger partial charge in [-0.15, -0.1) is 10.2 Å². The van der Waals surface area contributed by atoms with Gasteiger partial charge in [0.2, 0.25) is 17.7 Å². The van der Waals surface area contributed by atoms with Crippen molar-refractivity contribution in [1.82, 2.24) is 29.5 Å². The molecule has 5 rings (SSSR count). The van der Waals surface area contributed by atoms with Crippen LogP contribution < -0.4 is 0 Å². The average molecular weight is 485 g/mol. The summed E-state index contributed by atoms with van der Waals surface area (Å²) in [5, 5.41) is 8.64. The number of carbonyl (C=O) groups excluding carboxylic acids is 2. The maximum absolute atomic E-state index is 13.1. The van der Waals surface area contributed by atoms with E-state index < -0.39 is 0 Å². The second-order valence-electron chi connectivity index (χ2n) is 10.5. The number of nitrogens with zero attached hydrogens (tertiary/aromatic N) is 6. The molecule has 0 radical (unpaired) electrons. The number of carbonyl (C=O) groups is 2. The van der Waals surface area contributed by atoms with E-state index in [9.17, 15) is 9.59 Å². The first kappa shape index (κ1) is 24.0. The summed E-state index contributed by atoms with van der Waals surface area (Å²) in [6, 6.07) is 3.69. The third kappa shape index (κ3) is 4.86. The van der Waals surface area contributed by atoms with Gasteiger partial charge in [-0.25, -0.2) is 0 Å². The van der Waals surface area contributed by atoms with E-state index in [-0.39, 0.29) is 29.2 Å². The summed E-state index contributed by atoms with van der Waals surface area (Å²) >= 11 is 0. The highest BCUT2D eigenvalue weighted by Crippen LogP contribution is 2.49. The third-order valence-electron chi connectivity index (χ3n) is 7.82. The summed E-state index contributed by atoms with van der Waals surface area (Å²) < 4.78 is 13.4. The molecule has 2 amide bonds. The lowest BCUT2D eigenvalue weighted by atomic mass is 9.76. The molecule has 190 valence electrons. The van der Waals surface area contributed by atoms with E-state index in [1.165, 1.54) is 0 Å². The van der Waals surface area contributed by atoms with Gasteiger partial charge in [-0.1, -0.05) is 13.8 Å². The Morgan fingerprint density at radius 2 is 1.86 bits per heavy atom. The molecule has 3 aliphatic rings. The molecule has 3 saturated heterocycles. The maximum Gasteiger partial charge on any atom is 0.270 e. The van der Waals surface area contributed by atoms with Crippen LogP contribution in [0.2, 0.25) is 0 Å². The van der Waals surface area contributed by atoms with Crippen LogP contribution in [0.3, 0.4) is 0 Å². The molecule has 0 aliphatic carbocycles. The van der Waals surface area contributed by atoms with Crippen molar-refractivity contribution in [2.24, 2.45) is 12.5 Å². The van der Waals surface area contributed by atoms with Gasteiger partial charge in [0.15, 0.2) is 0 Å². The van der Waals surface area contributed by atoms with Gasteiger partial charge in [-0.2, -0.15) is 0 Å². The predicted molar refractivity (Wildman–Crippen MR) is 128 cm³/mol. The van der Waals surface area contributed by atoms with Crippen molar-refractivity contribution in [3.8, 4) is 0 Å². The standard InChI is InChI=1S/C25H36N6O4/c1-18(2)22-26-27-23(35-22)20-15-25(17-31(20)16-21(32)29-11-13-34-14-12-29)6-9-30(10-7-25)24(33)19-5-4-8-28(19)3/h4-5,8,18,20H,6-7,9-17H2,1-3H3. The molecule has 35 heavy (non-hydrogen) atoms. The van der Waals surface area contributed by atoms with Gasteiger partial charge in [0.25, 0.3) is 5.91 Å². The van der Waals surface area contributed by atoms with Gasteiger partial charge in [-0.3, -0.25) is 14.5 Å². The molecule has 0 aromatic carbocycles. The molecular weight excluding hydrogens is 448 g/mol. The lowest BCUT2D eigenvalue weighted by molar-refractivity contribution is -0.136. The summed E-state index contributed by atoms with van der Waals surface area (Å²) in [6.45, 7) is 9.06. The Bertz CT molecular complexity index is 1050. The van der Waals surface area contributed by atoms with Gasteiger partial charge in [0.05, 0.1) is 25.8 Å². The second-order valence-corrected chi connectivity index (χ2v) is 10.5. The van der Waals surface area contributed by atoms with Crippen molar-refractivity contribution in [3.05, 3.63) is 35.8 Å². The molecule has 10 nitrogen and oxygen atoms in total. The first-order valence-electron chi connectivity index (χ1n) is 12.7. The Morgan fingerprint density at radius 1 is 1.11 bits per heavy atom. The summed E-state index contributed by atoms with van der Waals surface area (Å²) in [6.07, 6.45) is 4.55. The van der Waals surface area contributed by atoms with Crippen LogP contribution in [-0.2, 0) is 16.6 Å². The minimum atomic E-state index is -0.0879. The van der Waals surface area contributed by atoms with Crippen LogP contribution in [0.1, 0.15) is 67.3 Å². The van der Waals surface area contributed by atoms with E-state index in [1.54, 1.807) is 0 Å². The predicted octanol–water partition coefficient (Wildman–Crippen LogP) is 2.06. The van der Waals surface area contributed by atoms with E-state index in [4.69, 9.17) is 9.15 Å². The highest BCUT2D eigenvalue weighted by atomic mass is 16.5. The number of amides is 2. The van der Waals surface area contributed by atoms with Crippen LogP contribution >= 0.6 is 0 Å². The third-order valence-corrected chi connectivity index (χ3v) is 7.82. The Kier molecular flexibility index (Phi) is 6.67. The Hall–Kier alpha value is -2.72. The number of rotatable bonds is 5. The van der Waals surface area contributed by atoms with E-state index in [1.807, 2.05) is 53.6 Å². The van der Waals surface area contributed by atoms with Crippen LogP contribution in [0.15, 0.2) is 22.7 Å². The van der Waals surface area contributed by atoms with E-state index in [0.29, 0.717) is 57.7 Å². The Labute approximate surface area is 206 Å². The fourth-order valence-corrected chi connectivity index (χ4v) is 5.65. The molecule has 2 aromatic rings. The van der Waals surface area contributed by atoms with Gasteiger partial charge in [0, 0.05) is 51.9 Å². The fourth-order valence-electron chi connectivity index (χ4n) is 5.65. The van der Waals surface area contributed by atoms with Crippen molar-refractivity contribution >= 4 is 11.8 Å². The van der Waals surface area contributed by atoms with E-state index in [2.05, 4.69) is 15.1 Å². The minimum absolute atomic E-state index is 0.0212. The molecule has 3 fully saturated rings. The number of aromatic nitrogens is 3. The number of ether oxygens (including phenoxy) is 1. The van der Waals surface area contributed by atoms with E-state index in [0.717, 1.165) is 31.5 Å². The summed E-state index contributed by atoms with van der Waals surface area (Å²) in [7, 11) is 1.90. The molecule has 2 aromatic heterocycles. The van der Waals surface area contributed by atoms with Crippen molar-refractivity contribution in [2.75, 3.05) is 52.5 Å². The zero-order valence-electron chi connectivity index (χ0n) is 21.0. The van der Waals surface area contributed by atoms with Crippen molar-refractivity contribution in [1.29, 1.82) is 0 Å². The molecule has 1 unspecified atom stereocenters. The molecule has 1 spiro atoms. The lowest BCUT2D eigenvalue weighted by Crippen LogP contribution is -2.47. The fraction of sp³-hybridized carbons (Fsp3) is 0.680. The number of hydrogen-bond acceptors (Lipinski definition) is 7. The SMILES string of the molecule is CC(C)c1nnc(C2CC3(CCN(C(=O)c4cccn4C)CC3)CN2CC(=O)N2CCOCC2)o1. The molecule has 0 N–H and O–H groups in total. The van der Waals surface area contributed by atoms with Crippen molar-refractivity contribution < 1.29 is 18.7 Å². The zero-order chi connectivity index (χ0) is 24.6. The van der Waals surface area contributed by atoms with Crippen molar-refractivity contribution in [2.45, 2.75) is 45.1 Å².